The quantitative estimate of drug-likeness (QED) is 0.866. The summed E-state index contributed by atoms with van der Waals surface area (Å²) in [5, 5.41) is 11.7. The minimum atomic E-state index is -0.196. The summed E-state index contributed by atoms with van der Waals surface area (Å²) in [6.07, 6.45) is 4.53. The smallest absolute Gasteiger partial charge is 0.225 e. The molecule has 1 aliphatic carbocycles. The summed E-state index contributed by atoms with van der Waals surface area (Å²) in [7, 11) is 0. The predicted molar refractivity (Wildman–Crippen MR) is 91.8 cm³/mol. The van der Waals surface area contributed by atoms with E-state index >= 15 is 0 Å². The van der Waals surface area contributed by atoms with Crippen molar-refractivity contribution in [2.45, 2.75) is 64.5 Å². The highest BCUT2D eigenvalue weighted by Crippen LogP contribution is 2.32. The molecule has 2 atom stereocenters. The lowest BCUT2D eigenvalue weighted by atomic mass is 10.0. The molecule has 3 aliphatic rings. The van der Waals surface area contributed by atoms with Crippen LogP contribution in [0.4, 0.5) is 0 Å². The van der Waals surface area contributed by atoms with Gasteiger partial charge in [-0.2, -0.15) is 0 Å². The fourth-order valence-electron chi connectivity index (χ4n) is 3.95. The van der Waals surface area contributed by atoms with Crippen LogP contribution in [0.25, 0.3) is 0 Å². The molecule has 2 aliphatic heterocycles. The van der Waals surface area contributed by atoms with Gasteiger partial charge in [0.15, 0.2) is 0 Å². The molecule has 136 valence electrons. The Morgan fingerprint density at radius 1 is 1.24 bits per heavy atom. The molecule has 7 heteroatoms. The average Bonchev–Trinajstić information content (AvgIpc) is 3.16. The zero-order valence-corrected chi connectivity index (χ0v) is 15.1. The molecule has 0 radical (unpaired) electrons. The molecule has 2 amide bonds. The number of rotatable bonds is 5. The van der Waals surface area contributed by atoms with Crippen molar-refractivity contribution < 1.29 is 9.59 Å². The van der Waals surface area contributed by atoms with E-state index in [4.69, 9.17) is 0 Å². The molecule has 1 N–H and O–H groups in total. The van der Waals surface area contributed by atoms with Crippen LogP contribution in [-0.2, 0) is 22.6 Å². The molecule has 2 fully saturated rings. The third kappa shape index (κ3) is 3.41. The van der Waals surface area contributed by atoms with Gasteiger partial charge in [0.1, 0.15) is 11.6 Å². The van der Waals surface area contributed by atoms with Gasteiger partial charge < -0.3 is 14.8 Å². The summed E-state index contributed by atoms with van der Waals surface area (Å²) in [5.41, 5.74) is 0. The molecule has 3 heterocycles. The maximum Gasteiger partial charge on any atom is 0.225 e. The van der Waals surface area contributed by atoms with E-state index in [-0.39, 0.29) is 23.8 Å². The summed E-state index contributed by atoms with van der Waals surface area (Å²) in [6, 6.07) is 0.0982. The van der Waals surface area contributed by atoms with Crippen molar-refractivity contribution in [3.05, 3.63) is 11.6 Å². The van der Waals surface area contributed by atoms with Crippen molar-refractivity contribution in [2.24, 2.45) is 11.8 Å². The molecule has 25 heavy (non-hydrogen) atoms. The van der Waals surface area contributed by atoms with Crippen LogP contribution in [0.3, 0.4) is 0 Å². The zero-order valence-electron chi connectivity index (χ0n) is 15.1. The summed E-state index contributed by atoms with van der Waals surface area (Å²) in [6.45, 7) is 6.38. The first-order chi connectivity index (χ1) is 12.0. The first-order valence-electron chi connectivity index (χ1n) is 9.51. The van der Waals surface area contributed by atoms with Crippen molar-refractivity contribution in [1.29, 1.82) is 0 Å². The number of carbonyl (C=O) groups excluding carboxylic acids is 2. The van der Waals surface area contributed by atoms with Crippen molar-refractivity contribution in [3.8, 4) is 0 Å². The molecule has 1 saturated heterocycles. The van der Waals surface area contributed by atoms with Gasteiger partial charge in [-0.25, -0.2) is 0 Å². The highest BCUT2D eigenvalue weighted by Gasteiger charge is 2.38. The molecule has 0 aromatic carbocycles. The Bertz CT molecular complexity index is 679. The lowest BCUT2D eigenvalue weighted by Crippen LogP contribution is -2.44. The van der Waals surface area contributed by atoms with Gasteiger partial charge in [0, 0.05) is 44.4 Å². The summed E-state index contributed by atoms with van der Waals surface area (Å²) < 4.78 is 2.15. The third-order valence-corrected chi connectivity index (χ3v) is 5.60. The van der Waals surface area contributed by atoms with Crippen LogP contribution in [0.5, 0.6) is 0 Å². The Hall–Kier alpha value is -1.92. The van der Waals surface area contributed by atoms with Crippen molar-refractivity contribution >= 4 is 11.8 Å². The normalized spacial score (nSPS) is 26.2. The molecule has 1 saturated carbocycles. The van der Waals surface area contributed by atoms with Gasteiger partial charge in [-0.15, -0.1) is 10.2 Å². The second-order valence-corrected chi connectivity index (χ2v) is 8.13. The van der Waals surface area contributed by atoms with Crippen LogP contribution in [0.1, 0.15) is 57.1 Å². The van der Waals surface area contributed by atoms with Crippen LogP contribution in [-0.4, -0.2) is 50.6 Å². The van der Waals surface area contributed by atoms with E-state index in [1.807, 2.05) is 4.90 Å². The van der Waals surface area contributed by atoms with Gasteiger partial charge in [-0.3, -0.25) is 9.59 Å². The second kappa shape index (κ2) is 6.42. The molecule has 0 unspecified atom stereocenters. The van der Waals surface area contributed by atoms with E-state index in [2.05, 4.69) is 33.9 Å². The van der Waals surface area contributed by atoms with Crippen LogP contribution in [0.2, 0.25) is 0 Å². The summed E-state index contributed by atoms with van der Waals surface area (Å²) in [4.78, 5) is 26.6. The first-order valence-corrected chi connectivity index (χ1v) is 9.51. The van der Waals surface area contributed by atoms with Crippen LogP contribution in [0, 0.1) is 11.8 Å². The molecular formula is C18H27N5O2. The number of carbonyl (C=O) groups is 2. The van der Waals surface area contributed by atoms with Crippen LogP contribution >= 0.6 is 0 Å². The Balaban J connectivity index is 1.35. The molecule has 4 rings (SSSR count). The number of nitrogens with zero attached hydrogens (tertiary/aromatic N) is 4. The molecule has 1 aromatic rings. The number of hydrogen-bond donors (Lipinski definition) is 1. The SMILES string of the molecule is CC(C)c1nnc2n1C[C@H](NC(=O)[C@H]1CC(=O)N(CC3CC3)C1)CC2. The van der Waals surface area contributed by atoms with Crippen molar-refractivity contribution in [2.75, 3.05) is 13.1 Å². The number of likely N-dealkylation sites (tertiary alicyclic amines) is 1. The van der Waals surface area contributed by atoms with Gasteiger partial charge in [0.25, 0.3) is 0 Å². The summed E-state index contributed by atoms with van der Waals surface area (Å²) >= 11 is 0. The number of hydrogen-bond acceptors (Lipinski definition) is 4. The van der Waals surface area contributed by atoms with Crippen molar-refractivity contribution in [3.63, 3.8) is 0 Å². The van der Waals surface area contributed by atoms with E-state index < -0.39 is 0 Å². The van der Waals surface area contributed by atoms with Gasteiger partial charge in [0.2, 0.25) is 11.8 Å². The molecule has 7 nitrogen and oxygen atoms in total. The molecule has 1 aromatic heterocycles. The highest BCUT2D eigenvalue weighted by atomic mass is 16.2. The number of amides is 2. The largest absolute Gasteiger partial charge is 0.351 e. The Labute approximate surface area is 148 Å². The minimum Gasteiger partial charge on any atom is -0.351 e. The van der Waals surface area contributed by atoms with Crippen LogP contribution < -0.4 is 5.32 Å². The topological polar surface area (TPSA) is 80.1 Å². The first kappa shape index (κ1) is 16.5. The number of fused-ring (bicyclic) bond motifs is 1. The average molecular weight is 345 g/mol. The predicted octanol–water partition coefficient (Wildman–Crippen LogP) is 1.09. The molecule has 0 spiro atoms. The van der Waals surface area contributed by atoms with Gasteiger partial charge in [-0.1, -0.05) is 13.8 Å². The van der Waals surface area contributed by atoms with E-state index in [1.165, 1.54) is 12.8 Å². The standard InChI is InChI=1S/C18H27N5O2/c1-11(2)17-21-20-15-6-5-14(10-23(15)17)19-18(25)13-7-16(24)22(9-13)8-12-3-4-12/h11-14H,3-10H2,1-2H3,(H,19,25)/t13-,14+/m0/s1. The lowest BCUT2D eigenvalue weighted by molar-refractivity contribution is -0.129. The number of nitrogens with one attached hydrogen (secondary N) is 1. The third-order valence-electron chi connectivity index (χ3n) is 5.60. The number of aryl methyl sites for hydroxylation is 1. The number of aromatic nitrogens is 3. The van der Waals surface area contributed by atoms with Crippen LogP contribution in [0.15, 0.2) is 0 Å². The lowest BCUT2D eigenvalue weighted by Gasteiger charge is -2.27. The Kier molecular flexibility index (Phi) is 4.25. The maximum absolute atomic E-state index is 12.6. The molecular weight excluding hydrogens is 318 g/mol. The van der Waals surface area contributed by atoms with Gasteiger partial charge in [-0.05, 0) is 25.2 Å². The zero-order chi connectivity index (χ0) is 17.6. The minimum absolute atomic E-state index is 0.0271. The van der Waals surface area contributed by atoms with E-state index in [9.17, 15) is 9.59 Å². The summed E-state index contributed by atoms with van der Waals surface area (Å²) in [5.74, 6) is 2.96. The Morgan fingerprint density at radius 2 is 2.04 bits per heavy atom. The van der Waals surface area contributed by atoms with E-state index in [0.717, 1.165) is 37.6 Å². The fourth-order valence-corrected chi connectivity index (χ4v) is 3.95. The monoisotopic (exact) mass is 345 g/mol. The van der Waals surface area contributed by atoms with Crippen molar-refractivity contribution in [1.82, 2.24) is 25.0 Å². The fraction of sp³-hybridized carbons (Fsp3) is 0.778. The second-order valence-electron chi connectivity index (χ2n) is 8.13. The molecule has 0 bridgehead atoms. The van der Waals surface area contributed by atoms with E-state index in [1.54, 1.807) is 0 Å². The maximum atomic E-state index is 12.6. The van der Waals surface area contributed by atoms with Gasteiger partial charge in [0.05, 0.1) is 5.92 Å². The van der Waals surface area contributed by atoms with Gasteiger partial charge >= 0.3 is 0 Å². The Morgan fingerprint density at radius 3 is 2.76 bits per heavy atom. The highest BCUT2D eigenvalue weighted by molar-refractivity contribution is 5.89. The van der Waals surface area contributed by atoms with E-state index in [0.29, 0.717) is 24.8 Å².